The van der Waals surface area contributed by atoms with Crippen molar-refractivity contribution in [1.82, 2.24) is 10.2 Å². The predicted octanol–water partition coefficient (Wildman–Crippen LogP) is 5.26. The molecular formula is C20H19Cl2N3O3S. The summed E-state index contributed by atoms with van der Waals surface area (Å²) in [5.74, 6) is 0.883. The Kier molecular flexibility index (Phi) is 7.69. The van der Waals surface area contributed by atoms with Crippen LogP contribution in [0.2, 0.25) is 10.0 Å². The highest BCUT2D eigenvalue weighted by Crippen LogP contribution is 2.28. The molecule has 29 heavy (non-hydrogen) atoms. The lowest BCUT2D eigenvalue weighted by Crippen LogP contribution is -2.30. The number of carbonyl (C=O) groups excluding carboxylic acids is 1. The molecule has 0 radical (unpaired) electrons. The number of rotatable bonds is 9. The summed E-state index contributed by atoms with van der Waals surface area (Å²) in [6.45, 7) is 2.21. The molecule has 0 saturated carbocycles. The molecule has 9 heteroatoms. The molecule has 0 aliphatic heterocycles. The van der Waals surface area contributed by atoms with Gasteiger partial charge in [-0.3, -0.25) is 10.1 Å². The highest BCUT2D eigenvalue weighted by Gasteiger charge is 2.18. The van der Waals surface area contributed by atoms with Gasteiger partial charge in [0.15, 0.2) is 6.10 Å². The third-order valence-electron chi connectivity index (χ3n) is 3.81. The van der Waals surface area contributed by atoms with E-state index in [2.05, 4.69) is 15.5 Å². The summed E-state index contributed by atoms with van der Waals surface area (Å²) in [7, 11) is 0. The van der Waals surface area contributed by atoms with Crippen LogP contribution in [-0.2, 0) is 11.2 Å². The van der Waals surface area contributed by atoms with Crippen molar-refractivity contribution in [2.24, 2.45) is 0 Å². The van der Waals surface area contributed by atoms with Gasteiger partial charge in [-0.25, -0.2) is 0 Å². The average Bonchev–Trinajstić information content (AvgIpc) is 3.15. The summed E-state index contributed by atoms with van der Waals surface area (Å²) < 4.78 is 11.3. The van der Waals surface area contributed by atoms with Crippen LogP contribution in [0.15, 0.2) is 48.5 Å². The van der Waals surface area contributed by atoms with Crippen LogP contribution in [0, 0.1) is 0 Å². The van der Waals surface area contributed by atoms with Crippen molar-refractivity contribution < 1.29 is 14.3 Å². The summed E-state index contributed by atoms with van der Waals surface area (Å²) >= 11 is 13.3. The molecule has 6 nitrogen and oxygen atoms in total. The van der Waals surface area contributed by atoms with Gasteiger partial charge < -0.3 is 9.47 Å². The van der Waals surface area contributed by atoms with Gasteiger partial charge in [0, 0.05) is 11.4 Å². The van der Waals surface area contributed by atoms with Crippen LogP contribution in [0.1, 0.15) is 18.4 Å². The summed E-state index contributed by atoms with van der Waals surface area (Å²) in [6, 6.07) is 14.5. The summed E-state index contributed by atoms with van der Waals surface area (Å²) in [5, 5.41) is 12.9. The third-order valence-corrected chi connectivity index (χ3v) is 5.24. The molecule has 0 fully saturated rings. The molecular weight excluding hydrogens is 433 g/mol. The third kappa shape index (κ3) is 6.59. The monoisotopic (exact) mass is 451 g/mol. The van der Waals surface area contributed by atoms with Gasteiger partial charge in [-0.15, -0.1) is 10.2 Å². The fourth-order valence-corrected chi connectivity index (χ4v) is 3.59. The number of aromatic nitrogens is 2. The number of hydrogen-bond acceptors (Lipinski definition) is 6. The quantitative estimate of drug-likeness (QED) is 0.448. The highest BCUT2D eigenvalue weighted by molar-refractivity contribution is 7.15. The molecule has 0 saturated heterocycles. The lowest BCUT2D eigenvalue weighted by Gasteiger charge is -2.14. The van der Waals surface area contributed by atoms with Crippen LogP contribution in [0.3, 0.4) is 0 Å². The Hall–Kier alpha value is -2.35. The molecule has 1 heterocycles. The Morgan fingerprint density at radius 3 is 2.72 bits per heavy atom. The zero-order chi connectivity index (χ0) is 20.6. The van der Waals surface area contributed by atoms with Crippen molar-refractivity contribution >= 4 is 45.6 Å². The number of nitrogens with one attached hydrogen (secondary N) is 1. The van der Waals surface area contributed by atoms with Crippen molar-refractivity contribution in [3.63, 3.8) is 0 Å². The first-order valence-electron chi connectivity index (χ1n) is 8.94. The predicted molar refractivity (Wildman–Crippen MR) is 115 cm³/mol. The molecule has 1 atom stereocenters. The lowest BCUT2D eigenvalue weighted by molar-refractivity contribution is -0.122. The Morgan fingerprint density at radius 2 is 1.97 bits per heavy atom. The second kappa shape index (κ2) is 10.4. The van der Waals surface area contributed by atoms with Crippen LogP contribution in [0.4, 0.5) is 5.13 Å². The van der Waals surface area contributed by atoms with Crippen LogP contribution < -0.4 is 14.8 Å². The second-order valence-electron chi connectivity index (χ2n) is 6.09. The van der Waals surface area contributed by atoms with E-state index >= 15 is 0 Å². The van der Waals surface area contributed by atoms with Crippen molar-refractivity contribution in [2.45, 2.75) is 25.9 Å². The maximum absolute atomic E-state index is 12.3. The average molecular weight is 452 g/mol. The van der Waals surface area contributed by atoms with Crippen LogP contribution in [0.25, 0.3) is 0 Å². The summed E-state index contributed by atoms with van der Waals surface area (Å²) in [6.07, 6.45) is 0.749. The first-order valence-corrected chi connectivity index (χ1v) is 10.5. The van der Waals surface area contributed by atoms with Crippen LogP contribution >= 0.6 is 34.5 Å². The van der Waals surface area contributed by atoms with Gasteiger partial charge in [-0.2, -0.15) is 0 Å². The largest absolute Gasteiger partial charge is 0.494 e. The topological polar surface area (TPSA) is 73.3 Å². The summed E-state index contributed by atoms with van der Waals surface area (Å²) in [5.41, 5.74) is 0. The van der Waals surface area contributed by atoms with Crippen molar-refractivity contribution in [3.05, 3.63) is 63.6 Å². The number of carbonyl (C=O) groups is 1. The van der Waals surface area contributed by atoms with E-state index in [1.54, 1.807) is 25.1 Å². The SMILES string of the molecule is CC(Oc1ccc(Cl)cc1Cl)C(=O)Nc1nnc(CCCOc2ccccc2)s1. The standard InChI is InChI=1S/C20H19Cl2N3O3S/c1-13(28-17-10-9-14(21)12-16(17)22)19(26)23-20-25-24-18(29-20)8-5-11-27-15-6-3-2-4-7-15/h2-4,6-7,9-10,12-13H,5,8,11H2,1H3,(H,23,25,26). The molecule has 0 aliphatic rings. The minimum Gasteiger partial charge on any atom is -0.494 e. The van der Waals surface area contributed by atoms with E-state index in [1.807, 2.05) is 30.3 Å². The van der Waals surface area contributed by atoms with Crippen LogP contribution in [0.5, 0.6) is 11.5 Å². The number of halogens is 2. The fourth-order valence-electron chi connectivity index (χ4n) is 2.36. The van der Waals surface area contributed by atoms with Gasteiger partial charge in [-0.05, 0) is 43.7 Å². The van der Waals surface area contributed by atoms with E-state index < -0.39 is 6.10 Å². The molecule has 1 aromatic heterocycles. The number of hydrogen-bond donors (Lipinski definition) is 1. The number of ether oxygens (including phenoxy) is 2. The molecule has 1 unspecified atom stereocenters. The van der Waals surface area contributed by atoms with E-state index in [0.717, 1.165) is 17.2 Å². The zero-order valence-electron chi connectivity index (χ0n) is 15.6. The van der Waals surface area contributed by atoms with E-state index in [-0.39, 0.29) is 5.91 Å². The molecule has 0 aliphatic carbocycles. The van der Waals surface area contributed by atoms with Gasteiger partial charge in [0.25, 0.3) is 5.91 Å². The van der Waals surface area contributed by atoms with Crippen molar-refractivity contribution in [1.29, 1.82) is 0 Å². The Balaban J connectivity index is 1.44. The van der Waals surface area contributed by atoms with E-state index in [9.17, 15) is 4.79 Å². The molecule has 0 bridgehead atoms. The molecule has 3 aromatic rings. The number of nitrogens with zero attached hydrogens (tertiary/aromatic N) is 2. The Bertz CT molecular complexity index is 953. The zero-order valence-corrected chi connectivity index (χ0v) is 17.9. The van der Waals surface area contributed by atoms with Gasteiger partial charge in [0.2, 0.25) is 5.13 Å². The Morgan fingerprint density at radius 1 is 1.17 bits per heavy atom. The smallest absolute Gasteiger partial charge is 0.266 e. The van der Waals surface area contributed by atoms with E-state index in [4.69, 9.17) is 32.7 Å². The maximum Gasteiger partial charge on any atom is 0.266 e. The highest BCUT2D eigenvalue weighted by atomic mass is 35.5. The van der Waals surface area contributed by atoms with Crippen molar-refractivity contribution in [3.8, 4) is 11.5 Å². The molecule has 0 spiro atoms. The van der Waals surface area contributed by atoms with Gasteiger partial charge >= 0.3 is 0 Å². The molecule has 1 N–H and O–H groups in total. The molecule has 1 amide bonds. The van der Waals surface area contributed by atoms with Gasteiger partial charge in [0.05, 0.1) is 11.6 Å². The number of amides is 1. The molecule has 3 rings (SSSR count). The number of aryl methyl sites for hydroxylation is 1. The minimum absolute atomic E-state index is 0.341. The lowest BCUT2D eigenvalue weighted by atomic mass is 10.3. The van der Waals surface area contributed by atoms with Crippen LogP contribution in [-0.4, -0.2) is 28.8 Å². The van der Waals surface area contributed by atoms with E-state index in [1.165, 1.54) is 11.3 Å². The first kappa shape index (κ1) is 21.4. The normalized spacial score (nSPS) is 11.7. The maximum atomic E-state index is 12.3. The fraction of sp³-hybridized carbons (Fsp3) is 0.250. The number of para-hydroxylation sites is 1. The number of anilines is 1. The van der Waals surface area contributed by atoms with Gasteiger partial charge in [0.1, 0.15) is 16.5 Å². The second-order valence-corrected chi connectivity index (χ2v) is 8.00. The molecule has 2 aromatic carbocycles. The number of benzene rings is 2. The van der Waals surface area contributed by atoms with E-state index in [0.29, 0.717) is 34.0 Å². The Labute approximate surface area is 182 Å². The van der Waals surface area contributed by atoms with Crippen molar-refractivity contribution in [2.75, 3.05) is 11.9 Å². The molecule has 152 valence electrons. The minimum atomic E-state index is -0.764. The first-order chi connectivity index (χ1) is 14.0. The van der Waals surface area contributed by atoms with Gasteiger partial charge in [-0.1, -0.05) is 52.7 Å². The summed E-state index contributed by atoms with van der Waals surface area (Å²) in [4.78, 5) is 12.3.